The highest BCUT2D eigenvalue weighted by molar-refractivity contribution is 5.60. The number of ether oxygens (including phenoxy) is 2. The molecule has 0 aliphatic heterocycles. The summed E-state index contributed by atoms with van der Waals surface area (Å²) < 4.78 is 11.7. The molecule has 178 valence electrons. The summed E-state index contributed by atoms with van der Waals surface area (Å²) in [6, 6.07) is 12.3. The number of rotatable bonds is 6. The molecule has 1 aromatic rings. The molecule has 0 bridgehead atoms. The third kappa shape index (κ3) is 4.24. The predicted molar refractivity (Wildman–Crippen MR) is 130 cm³/mol. The van der Waals surface area contributed by atoms with Crippen molar-refractivity contribution in [3.63, 3.8) is 0 Å². The fraction of sp³-hybridized carbons (Fsp3) is 0.536. The minimum atomic E-state index is -1.65. The van der Waals surface area contributed by atoms with Crippen LogP contribution < -0.4 is 15.2 Å². The molecule has 0 fully saturated rings. The zero-order valence-corrected chi connectivity index (χ0v) is 20.8. The summed E-state index contributed by atoms with van der Waals surface area (Å²) >= 11 is 0. The van der Waals surface area contributed by atoms with Gasteiger partial charge in [-0.1, -0.05) is 39.8 Å². The molecule has 34 heavy (non-hydrogen) atoms. The van der Waals surface area contributed by atoms with Gasteiger partial charge in [0.25, 0.3) is 0 Å². The number of benzene rings is 1. The van der Waals surface area contributed by atoms with Crippen LogP contribution in [-0.2, 0) is 0 Å². The van der Waals surface area contributed by atoms with Crippen LogP contribution in [0.4, 0.5) is 0 Å². The Morgan fingerprint density at radius 2 is 1.79 bits per heavy atom. The fourth-order valence-corrected chi connectivity index (χ4v) is 5.29. The third-order valence-corrected chi connectivity index (χ3v) is 7.19. The zero-order chi connectivity index (χ0) is 25.1. The van der Waals surface area contributed by atoms with Crippen molar-refractivity contribution in [3.8, 4) is 29.7 Å². The normalized spacial score (nSPS) is 23.6. The number of nitrogens with zero attached hydrogens (tertiary/aromatic N) is 3. The van der Waals surface area contributed by atoms with Crippen LogP contribution in [0.25, 0.3) is 0 Å². The first-order valence-corrected chi connectivity index (χ1v) is 12.0. The van der Waals surface area contributed by atoms with Crippen molar-refractivity contribution in [1.82, 2.24) is 0 Å². The summed E-state index contributed by atoms with van der Waals surface area (Å²) in [6.45, 7) is 11.6. The van der Waals surface area contributed by atoms with Crippen molar-refractivity contribution in [3.05, 3.63) is 46.7 Å². The summed E-state index contributed by atoms with van der Waals surface area (Å²) in [6.07, 6.45) is 4.57. The Morgan fingerprint density at radius 3 is 2.35 bits per heavy atom. The second-order valence-corrected chi connectivity index (χ2v) is 10.2. The van der Waals surface area contributed by atoms with Gasteiger partial charge in [0.05, 0.1) is 36.6 Å². The number of hydrogen-bond donors (Lipinski definition) is 1. The molecular weight excluding hydrogens is 424 g/mol. The van der Waals surface area contributed by atoms with Gasteiger partial charge in [-0.15, -0.1) is 0 Å². The van der Waals surface area contributed by atoms with Crippen LogP contribution in [-0.4, -0.2) is 13.2 Å². The van der Waals surface area contributed by atoms with Gasteiger partial charge >= 0.3 is 0 Å². The first-order valence-electron chi connectivity index (χ1n) is 12.0. The van der Waals surface area contributed by atoms with E-state index in [0.717, 1.165) is 30.4 Å². The van der Waals surface area contributed by atoms with E-state index < -0.39 is 11.3 Å². The summed E-state index contributed by atoms with van der Waals surface area (Å²) in [5.74, 6) is 0.847. The molecule has 2 aliphatic carbocycles. The van der Waals surface area contributed by atoms with E-state index in [4.69, 9.17) is 15.2 Å². The fourth-order valence-electron chi connectivity index (χ4n) is 5.29. The molecule has 2 aliphatic rings. The van der Waals surface area contributed by atoms with E-state index in [1.165, 1.54) is 0 Å². The van der Waals surface area contributed by atoms with Crippen LogP contribution in [0.5, 0.6) is 11.5 Å². The number of nitriles is 3. The number of nitrogens with two attached hydrogens (primary N) is 1. The van der Waals surface area contributed by atoms with E-state index in [0.29, 0.717) is 30.6 Å². The van der Waals surface area contributed by atoms with Gasteiger partial charge in [-0.3, -0.25) is 0 Å². The van der Waals surface area contributed by atoms with Gasteiger partial charge in [0, 0.05) is 5.92 Å². The molecule has 1 aromatic carbocycles. The summed E-state index contributed by atoms with van der Waals surface area (Å²) in [7, 11) is 0. The molecule has 0 radical (unpaired) electrons. The molecule has 0 aromatic heterocycles. The lowest BCUT2D eigenvalue weighted by Crippen LogP contribution is -2.44. The van der Waals surface area contributed by atoms with Crippen molar-refractivity contribution in [2.45, 2.75) is 59.8 Å². The van der Waals surface area contributed by atoms with Crippen molar-refractivity contribution >= 4 is 0 Å². The highest BCUT2D eigenvalue weighted by Gasteiger charge is 2.55. The molecule has 0 amide bonds. The Bertz CT molecular complexity index is 1110. The molecule has 0 saturated carbocycles. The van der Waals surface area contributed by atoms with Crippen molar-refractivity contribution in [2.75, 3.05) is 13.2 Å². The average molecular weight is 459 g/mol. The first-order chi connectivity index (χ1) is 16.2. The highest BCUT2D eigenvalue weighted by Crippen LogP contribution is 2.58. The van der Waals surface area contributed by atoms with Gasteiger partial charge in [0.2, 0.25) is 0 Å². The van der Waals surface area contributed by atoms with Gasteiger partial charge in [-0.2, -0.15) is 15.8 Å². The maximum absolute atomic E-state index is 10.3. The molecule has 6 nitrogen and oxygen atoms in total. The average Bonchev–Trinajstić information content (AvgIpc) is 2.82. The minimum absolute atomic E-state index is 0.0440. The molecule has 2 N–H and O–H groups in total. The second kappa shape index (κ2) is 9.82. The van der Waals surface area contributed by atoms with Crippen LogP contribution in [0.1, 0.15) is 65.4 Å². The van der Waals surface area contributed by atoms with Gasteiger partial charge in [0.1, 0.15) is 6.07 Å². The molecule has 6 heteroatoms. The van der Waals surface area contributed by atoms with Crippen LogP contribution >= 0.6 is 0 Å². The van der Waals surface area contributed by atoms with Gasteiger partial charge in [-0.25, -0.2) is 0 Å². The van der Waals surface area contributed by atoms with Crippen molar-refractivity contribution in [1.29, 1.82) is 15.8 Å². The summed E-state index contributed by atoms with van der Waals surface area (Å²) in [5.41, 5.74) is 6.82. The van der Waals surface area contributed by atoms with Crippen LogP contribution in [0.15, 0.2) is 41.1 Å². The molecule has 3 atom stereocenters. The monoisotopic (exact) mass is 458 g/mol. The Hall–Kier alpha value is -3.43. The van der Waals surface area contributed by atoms with Crippen molar-refractivity contribution in [2.24, 2.45) is 28.4 Å². The Balaban J connectivity index is 2.25. The minimum Gasteiger partial charge on any atom is -0.490 e. The molecule has 0 saturated heterocycles. The van der Waals surface area contributed by atoms with E-state index in [-0.39, 0.29) is 22.6 Å². The van der Waals surface area contributed by atoms with E-state index in [2.05, 4.69) is 45.1 Å². The maximum Gasteiger partial charge on any atom is 0.191 e. The van der Waals surface area contributed by atoms with Crippen molar-refractivity contribution < 1.29 is 9.47 Å². The topological polar surface area (TPSA) is 116 Å². The van der Waals surface area contributed by atoms with Crippen LogP contribution in [0.2, 0.25) is 0 Å². The molecule has 0 heterocycles. The van der Waals surface area contributed by atoms with E-state index in [9.17, 15) is 15.8 Å². The third-order valence-electron chi connectivity index (χ3n) is 7.19. The van der Waals surface area contributed by atoms with Crippen LogP contribution in [0.3, 0.4) is 0 Å². The Labute approximate surface area is 203 Å². The number of allylic oxidation sites excluding steroid dienone is 4. The SMILES string of the molecule is CCCOc1ccc([C@@H]2[C@@H]3C[C@H](C(C)(C)C)CC=C3C(C#N)=C(N)C2(C#N)C#N)cc1OCC. The van der Waals surface area contributed by atoms with Gasteiger partial charge in [-0.05, 0) is 66.7 Å². The molecule has 0 spiro atoms. The number of hydrogen-bond acceptors (Lipinski definition) is 6. The Morgan fingerprint density at radius 1 is 1.09 bits per heavy atom. The summed E-state index contributed by atoms with van der Waals surface area (Å²) in [4.78, 5) is 0. The molecule has 3 rings (SSSR count). The molecular formula is C28H34N4O2. The van der Waals surface area contributed by atoms with Gasteiger partial charge in [0.15, 0.2) is 16.9 Å². The number of fused-ring (bicyclic) bond motifs is 1. The van der Waals surface area contributed by atoms with E-state index in [1.54, 1.807) is 0 Å². The largest absolute Gasteiger partial charge is 0.490 e. The lowest BCUT2D eigenvalue weighted by atomic mass is 9.54. The summed E-state index contributed by atoms with van der Waals surface area (Å²) in [5, 5.41) is 30.6. The first kappa shape index (κ1) is 25.2. The smallest absolute Gasteiger partial charge is 0.191 e. The van der Waals surface area contributed by atoms with E-state index in [1.807, 2.05) is 32.0 Å². The van der Waals surface area contributed by atoms with Crippen LogP contribution in [0, 0.1) is 56.7 Å². The lowest BCUT2D eigenvalue weighted by molar-refractivity contribution is 0.170. The Kier molecular flexibility index (Phi) is 7.28. The lowest BCUT2D eigenvalue weighted by Gasteiger charge is -2.47. The second-order valence-electron chi connectivity index (χ2n) is 10.2. The quantitative estimate of drug-likeness (QED) is 0.581. The standard InChI is InChI=1S/C28H34N4O2/c1-6-12-34-23-11-8-18(13-24(23)33-7-2)25-21-14-19(27(3,4)5)9-10-20(21)22(15-29)26(32)28(25,16-30)17-31/h8,10-11,13,19,21,25H,6-7,9,12,14,32H2,1-5H3/t19-,21-,25-/m1/s1. The van der Waals surface area contributed by atoms with E-state index >= 15 is 0 Å². The van der Waals surface area contributed by atoms with Gasteiger partial charge < -0.3 is 15.2 Å². The maximum atomic E-state index is 10.3. The highest BCUT2D eigenvalue weighted by atomic mass is 16.5. The zero-order valence-electron chi connectivity index (χ0n) is 20.8. The molecule has 0 unspecified atom stereocenters. The predicted octanol–water partition coefficient (Wildman–Crippen LogP) is 5.74.